The molecule has 33 heavy (non-hydrogen) atoms. The van der Waals surface area contributed by atoms with Gasteiger partial charge in [-0.1, -0.05) is 6.07 Å². The quantitative estimate of drug-likeness (QED) is 0.502. The summed E-state index contributed by atoms with van der Waals surface area (Å²) in [5.74, 6) is 1.92. The molecule has 5 heterocycles. The number of carbonyl (C=O) groups is 1. The normalized spacial score (nSPS) is 14.8. The van der Waals surface area contributed by atoms with Crippen LogP contribution in [0.4, 0.5) is 5.82 Å². The highest BCUT2D eigenvalue weighted by atomic mass is 16.5. The van der Waals surface area contributed by atoms with Gasteiger partial charge in [0, 0.05) is 24.4 Å². The summed E-state index contributed by atoms with van der Waals surface area (Å²) in [5, 5.41) is 15.9. The molecule has 4 aromatic heterocycles. The second-order valence-electron chi connectivity index (χ2n) is 8.11. The van der Waals surface area contributed by atoms with Crippen molar-refractivity contribution in [2.45, 2.75) is 39.7 Å². The predicted molar refractivity (Wildman–Crippen MR) is 122 cm³/mol. The van der Waals surface area contributed by atoms with Crippen LogP contribution < -0.4 is 10.1 Å². The molecule has 0 aliphatic carbocycles. The SMILES string of the molecule is COc1nn(-c2ccc(C)nc2C)cc1C(=O)Nc1cccc(-c2nnc3n2[C@@H](C)CC3)n1. The average Bonchev–Trinajstić information content (AvgIpc) is 3.50. The molecular formula is C23H24N8O2. The van der Waals surface area contributed by atoms with E-state index in [2.05, 4.69) is 42.1 Å². The molecule has 0 unspecified atom stereocenters. The van der Waals surface area contributed by atoms with Crippen LogP contribution in [0.3, 0.4) is 0 Å². The van der Waals surface area contributed by atoms with Crippen LogP contribution in [0.25, 0.3) is 17.2 Å². The lowest BCUT2D eigenvalue weighted by atomic mass is 10.2. The van der Waals surface area contributed by atoms with E-state index in [1.165, 1.54) is 7.11 Å². The molecule has 0 radical (unpaired) electrons. The number of carbonyl (C=O) groups excluding carboxylic acids is 1. The molecule has 1 atom stereocenters. The van der Waals surface area contributed by atoms with Crippen molar-refractivity contribution >= 4 is 11.7 Å². The van der Waals surface area contributed by atoms with Crippen molar-refractivity contribution in [2.24, 2.45) is 0 Å². The van der Waals surface area contributed by atoms with E-state index in [4.69, 9.17) is 4.74 Å². The summed E-state index contributed by atoms with van der Waals surface area (Å²) in [5.41, 5.74) is 3.43. The van der Waals surface area contributed by atoms with Crippen molar-refractivity contribution in [3.8, 4) is 23.1 Å². The highest BCUT2D eigenvalue weighted by Gasteiger charge is 2.25. The van der Waals surface area contributed by atoms with Crippen molar-refractivity contribution in [3.63, 3.8) is 0 Å². The minimum atomic E-state index is -0.375. The van der Waals surface area contributed by atoms with E-state index < -0.39 is 0 Å². The van der Waals surface area contributed by atoms with Crippen LogP contribution in [0.1, 0.15) is 47.0 Å². The Balaban J connectivity index is 1.43. The van der Waals surface area contributed by atoms with Gasteiger partial charge in [-0.2, -0.15) is 0 Å². The number of rotatable bonds is 5. The Morgan fingerprint density at radius 2 is 2.00 bits per heavy atom. The molecule has 0 saturated heterocycles. The molecule has 0 aromatic carbocycles. The first-order valence-electron chi connectivity index (χ1n) is 10.8. The summed E-state index contributed by atoms with van der Waals surface area (Å²) >= 11 is 0. The number of amides is 1. The lowest BCUT2D eigenvalue weighted by molar-refractivity contribution is 0.102. The maximum atomic E-state index is 13.1. The second-order valence-corrected chi connectivity index (χ2v) is 8.11. The van der Waals surface area contributed by atoms with Crippen molar-refractivity contribution < 1.29 is 9.53 Å². The fraction of sp³-hybridized carbons (Fsp3) is 0.304. The molecule has 168 valence electrons. The first kappa shape index (κ1) is 20.8. The Morgan fingerprint density at radius 1 is 1.15 bits per heavy atom. The van der Waals surface area contributed by atoms with Gasteiger partial charge in [0.05, 0.1) is 18.5 Å². The fourth-order valence-corrected chi connectivity index (χ4v) is 4.12. The molecule has 0 bridgehead atoms. The third-order valence-electron chi connectivity index (χ3n) is 5.78. The van der Waals surface area contributed by atoms with Gasteiger partial charge < -0.3 is 14.6 Å². The number of aryl methyl sites for hydroxylation is 3. The average molecular weight is 444 g/mol. The maximum absolute atomic E-state index is 13.1. The Hall–Kier alpha value is -4.08. The van der Waals surface area contributed by atoms with Crippen LogP contribution in [-0.4, -0.2) is 47.5 Å². The minimum Gasteiger partial charge on any atom is -0.479 e. The second kappa shape index (κ2) is 8.12. The van der Waals surface area contributed by atoms with Crippen molar-refractivity contribution in [1.82, 2.24) is 34.5 Å². The summed E-state index contributed by atoms with van der Waals surface area (Å²) in [6.45, 7) is 5.97. The molecule has 1 N–H and O–H groups in total. The van der Waals surface area contributed by atoms with Gasteiger partial charge in [0.25, 0.3) is 5.91 Å². The molecule has 1 amide bonds. The van der Waals surface area contributed by atoms with Crippen molar-refractivity contribution in [3.05, 3.63) is 59.3 Å². The van der Waals surface area contributed by atoms with Crippen molar-refractivity contribution in [1.29, 1.82) is 0 Å². The first-order chi connectivity index (χ1) is 15.9. The molecule has 10 nitrogen and oxygen atoms in total. The number of hydrogen-bond donors (Lipinski definition) is 1. The van der Waals surface area contributed by atoms with E-state index in [0.29, 0.717) is 28.9 Å². The topological polar surface area (TPSA) is 113 Å². The number of aromatic nitrogens is 7. The molecule has 0 saturated carbocycles. The molecular weight excluding hydrogens is 420 g/mol. The number of hydrogen-bond acceptors (Lipinski definition) is 7. The lowest BCUT2D eigenvalue weighted by Crippen LogP contribution is -2.14. The number of nitrogens with zero attached hydrogens (tertiary/aromatic N) is 7. The zero-order chi connectivity index (χ0) is 23.1. The number of nitrogens with one attached hydrogen (secondary N) is 1. The Kier molecular flexibility index (Phi) is 5.12. The van der Waals surface area contributed by atoms with Crippen molar-refractivity contribution in [2.75, 3.05) is 12.4 Å². The van der Waals surface area contributed by atoms with Gasteiger partial charge >= 0.3 is 0 Å². The highest BCUT2D eigenvalue weighted by molar-refractivity contribution is 6.05. The monoisotopic (exact) mass is 444 g/mol. The number of anilines is 1. The van der Waals surface area contributed by atoms with Crippen LogP contribution in [0.2, 0.25) is 0 Å². The zero-order valence-corrected chi connectivity index (χ0v) is 18.9. The van der Waals surface area contributed by atoms with Crippen LogP contribution in [0.15, 0.2) is 36.5 Å². The molecule has 4 aromatic rings. The van der Waals surface area contributed by atoms with E-state index in [9.17, 15) is 4.79 Å². The number of fused-ring (bicyclic) bond motifs is 1. The van der Waals surface area contributed by atoms with E-state index in [-0.39, 0.29) is 11.8 Å². The lowest BCUT2D eigenvalue weighted by Gasteiger charge is -2.10. The molecule has 1 aliphatic rings. The van der Waals surface area contributed by atoms with Crippen LogP contribution in [0, 0.1) is 13.8 Å². The number of ether oxygens (including phenoxy) is 1. The van der Waals surface area contributed by atoms with Gasteiger partial charge in [-0.3, -0.25) is 9.78 Å². The predicted octanol–water partition coefficient (Wildman–Crippen LogP) is 3.31. The smallest absolute Gasteiger partial charge is 0.263 e. The maximum Gasteiger partial charge on any atom is 0.263 e. The van der Waals surface area contributed by atoms with Gasteiger partial charge in [-0.05, 0) is 51.5 Å². The largest absolute Gasteiger partial charge is 0.479 e. The summed E-state index contributed by atoms with van der Waals surface area (Å²) in [7, 11) is 1.48. The molecule has 0 fully saturated rings. The van der Waals surface area contributed by atoms with Crippen LogP contribution in [0.5, 0.6) is 5.88 Å². The first-order valence-corrected chi connectivity index (χ1v) is 10.8. The summed E-state index contributed by atoms with van der Waals surface area (Å²) in [6.07, 6.45) is 3.57. The molecule has 10 heteroatoms. The van der Waals surface area contributed by atoms with E-state index in [0.717, 1.165) is 35.7 Å². The van der Waals surface area contributed by atoms with E-state index >= 15 is 0 Å². The zero-order valence-electron chi connectivity index (χ0n) is 18.9. The Labute approximate surface area is 190 Å². The number of methoxy groups -OCH3 is 1. The van der Waals surface area contributed by atoms with Crippen LogP contribution in [-0.2, 0) is 6.42 Å². The van der Waals surface area contributed by atoms with Crippen LogP contribution >= 0.6 is 0 Å². The Bertz CT molecular complexity index is 1360. The molecule has 5 rings (SSSR count). The van der Waals surface area contributed by atoms with E-state index in [1.807, 2.05) is 38.1 Å². The van der Waals surface area contributed by atoms with Gasteiger partial charge in [-0.25, -0.2) is 9.67 Å². The Morgan fingerprint density at radius 3 is 2.79 bits per heavy atom. The molecule has 0 spiro atoms. The van der Waals surface area contributed by atoms with Gasteiger partial charge in [-0.15, -0.1) is 15.3 Å². The molecule has 1 aliphatic heterocycles. The fourth-order valence-electron chi connectivity index (χ4n) is 4.12. The number of pyridine rings is 2. The minimum absolute atomic E-state index is 0.215. The van der Waals surface area contributed by atoms with Gasteiger partial charge in [0.2, 0.25) is 5.88 Å². The summed E-state index contributed by atoms with van der Waals surface area (Å²) in [4.78, 5) is 22.2. The van der Waals surface area contributed by atoms with Gasteiger partial charge in [0.1, 0.15) is 22.9 Å². The van der Waals surface area contributed by atoms with E-state index in [1.54, 1.807) is 16.9 Å². The summed E-state index contributed by atoms with van der Waals surface area (Å²) in [6, 6.07) is 9.56. The standard InChI is InChI=1S/C23H24N8O2/c1-13-8-10-18(15(3)24-13)30-12-16(23(29-30)33-4)22(32)26-19-7-5-6-17(25-19)21-28-27-20-11-9-14(2)31(20)21/h5-8,10,12,14H,9,11H2,1-4H3,(H,25,26,32)/t14-/m0/s1. The summed E-state index contributed by atoms with van der Waals surface area (Å²) < 4.78 is 9.07. The third-order valence-corrected chi connectivity index (χ3v) is 5.78. The highest BCUT2D eigenvalue weighted by Crippen LogP contribution is 2.30. The van der Waals surface area contributed by atoms with Gasteiger partial charge in [0.15, 0.2) is 5.82 Å². The third kappa shape index (κ3) is 3.73.